The van der Waals surface area contributed by atoms with Gasteiger partial charge < -0.3 is 10.6 Å². The fourth-order valence-electron chi connectivity index (χ4n) is 1.95. The lowest BCUT2D eigenvalue weighted by molar-refractivity contribution is 0.177. The number of sulfone groups is 2. The molecule has 0 bridgehead atoms. The van der Waals surface area contributed by atoms with Gasteiger partial charge in [-0.05, 0) is 12.8 Å². The van der Waals surface area contributed by atoms with E-state index in [0.29, 0.717) is 36.5 Å². The van der Waals surface area contributed by atoms with Gasteiger partial charge in [-0.2, -0.15) is 0 Å². The van der Waals surface area contributed by atoms with E-state index in [0.717, 1.165) is 0 Å². The fraction of sp³-hybridized carbons (Fsp3) is 0.750. The van der Waals surface area contributed by atoms with Crippen LogP contribution in [0.15, 0.2) is 22.2 Å². The molecule has 0 fully saturated rings. The predicted octanol–water partition coefficient (Wildman–Crippen LogP) is 2.81. The molecular formula is C16H28F4N2O4S2. The molecule has 0 amide bonds. The van der Waals surface area contributed by atoms with Crippen LogP contribution in [-0.2, 0) is 19.7 Å². The van der Waals surface area contributed by atoms with Crippen LogP contribution in [0.25, 0.3) is 0 Å². The third-order valence-corrected chi connectivity index (χ3v) is 6.37. The number of nitrogens with one attached hydrogen (secondary N) is 2. The average molecular weight is 453 g/mol. The van der Waals surface area contributed by atoms with E-state index in [9.17, 15) is 34.4 Å². The van der Waals surface area contributed by atoms with E-state index in [4.69, 9.17) is 0 Å². The summed E-state index contributed by atoms with van der Waals surface area (Å²) >= 11 is 0. The molecule has 0 rings (SSSR count). The second-order valence-electron chi connectivity index (χ2n) is 6.04. The van der Waals surface area contributed by atoms with E-state index in [1.54, 1.807) is 13.8 Å². The summed E-state index contributed by atoms with van der Waals surface area (Å²) < 4.78 is 98.9. The van der Waals surface area contributed by atoms with Gasteiger partial charge in [-0.15, -0.1) is 0 Å². The fourth-order valence-corrected chi connectivity index (χ4v) is 4.71. The maximum Gasteiger partial charge on any atom is 0.278 e. The smallest absolute Gasteiger partial charge is 0.278 e. The molecule has 28 heavy (non-hydrogen) atoms. The summed E-state index contributed by atoms with van der Waals surface area (Å²) in [4.78, 5) is 0. The number of hydrogen-bond acceptors (Lipinski definition) is 6. The van der Waals surface area contributed by atoms with Crippen LogP contribution in [0.4, 0.5) is 17.6 Å². The highest BCUT2D eigenvalue weighted by Gasteiger charge is 2.18. The van der Waals surface area contributed by atoms with Crippen molar-refractivity contribution in [3.63, 3.8) is 0 Å². The summed E-state index contributed by atoms with van der Waals surface area (Å²) in [6.45, 7) is 2.90. The van der Waals surface area contributed by atoms with Crippen molar-refractivity contribution < 1.29 is 34.4 Å². The molecule has 0 spiro atoms. The van der Waals surface area contributed by atoms with Gasteiger partial charge in [-0.3, -0.25) is 0 Å². The third-order valence-electron chi connectivity index (χ3n) is 3.43. The molecule has 0 aliphatic carbocycles. The molecule has 166 valence electrons. The third kappa shape index (κ3) is 12.2. The molecule has 0 saturated heterocycles. The molecule has 6 nitrogen and oxygen atoms in total. The van der Waals surface area contributed by atoms with Crippen molar-refractivity contribution in [3.05, 3.63) is 22.2 Å². The van der Waals surface area contributed by atoms with E-state index in [2.05, 4.69) is 10.6 Å². The molecule has 2 N–H and O–H groups in total. The predicted molar refractivity (Wildman–Crippen MR) is 102 cm³/mol. The molecule has 0 aromatic heterocycles. The highest BCUT2D eigenvalue weighted by atomic mass is 32.2. The van der Waals surface area contributed by atoms with Crippen LogP contribution in [0.2, 0.25) is 0 Å². The summed E-state index contributed by atoms with van der Waals surface area (Å²) in [5.74, 6) is -0.541. The summed E-state index contributed by atoms with van der Waals surface area (Å²) in [5.41, 5.74) is -1.67. The highest BCUT2D eigenvalue weighted by molar-refractivity contribution is 7.94. The van der Waals surface area contributed by atoms with Crippen molar-refractivity contribution in [2.75, 3.05) is 24.6 Å². The molecule has 0 aliphatic heterocycles. The van der Waals surface area contributed by atoms with Crippen LogP contribution in [-0.4, -0.2) is 54.3 Å². The van der Waals surface area contributed by atoms with Gasteiger partial charge in [0.2, 0.25) is 0 Å². The standard InChI is InChI=1S/C16H28F4N2O4S2/c1-3-5-9-27(23,24)11-13(15(17)18)21-7-8-22-14(16(19)20)12-28(25,26)10-6-4-2/h11-12,15-16,21-22H,3-10H2,1-2H3. The van der Waals surface area contributed by atoms with Crippen molar-refractivity contribution in [1.29, 1.82) is 0 Å². The van der Waals surface area contributed by atoms with E-state index in [1.807, 2.05) is 0 Å². The van der Waals surface area contributed by atoms with Crippen LogP contribution in [0.5, 0.6) is 0 Å². The molecule has 12 heteroatoms. The zero-order chi connectivity index (χ0) is 21.8. The van der Waals surface area contributed by atoms with Crippen molar-refractivity contribution in [3.8, 4) is 0 Å². The minimum absolute atomic E-state index is 0.270. The van der Waals surface area contributed by atoms with Crippen molar-refractivity contribution in [2.45, 2.75) is 52.4 Å². The first-order valence-corrected chi connectivity index (χ1v) is 12.3. The molecule has 0 aromatic carbocycles. The van der Waals surface area contributed by atoms with E-state index >= 15 is 0 Å². The van der Waals surface area contributed by atoms with E-state index in [1.165, 1.54) is 0 Å². The van der Waals surface area contributed by atoms with Crippen molar-refractivity contribution >= 4 is 19.7 Å². The second-order valence-corrected chi connectivity index (χ2v) is 9.98. The van der Waals surface area contributed by atoms with Gasteiger partial charge in [-0.25, -0.2) is 34.4 Å². The maximum absolute atomic E-state index is 13.0. The first-order valence-electron chi connectivity index (χ1n) is 8.86. The summed E-state index contributed by atoms with van der Waals surface area (Å²) in [6.07, 6.45) is -4.36. The van der Waals surface area contributed by atoms with Gasteiger partial charge in [0.05, 0.1) is 33.7 Å². The molecule has 0 aromatic rings. The minimum Gasteiger partial charge on any atom is -0.381 e. The van der Waals surface area contributed by atoms with Gasteiger partial charge in [-0.1, -0.05) is 26.7 Å². The molecular weight excluding hydrogens is 424 g/mol. The van der Waals surface area contributed by atoms with Crippen LogP contribution in [0.3, 0.4) is 0 Å². The zero-order valence-corrected chi connectivity index (χ0v) is 17.6. The normalized spacial score (nSPS) is 14.0. The average Bonchev–Trinajstić information content (AvgIpc) is 2.59. The Bertz CT molecular complexity index is 659. The number of halogens is 4. The van der Waals surface area contributed by atoms with Crippen LogP contribution < -0.4 is 10.6 Å². The second kappa shape index (κ2) is 13.0. The molecule has 0 saturated carbocycles. The first kappa shape index (κ1) is 26.7. The van der Waals surface area contributed by atoms with E-state index < -0.39 is 43.9 Å². The Morgan fingerprint density at radius 2 is 1.07 bits per heavy atom. The summed E-state index contributed by atoms with van der Waals surface area (Å²) in [5, 5.41) is 5.28. The van der Waals surface area contributed by atoms with Gasteiger partial charge in [0, 0.05) is 13.1 Å². The largest absolute Gasteiger partial charge is 0.381 e. The van der Waals surface area contributed by atoms with Gasteiger partial charge in [0.15, 0.2) is 19.7 Å². The molecule has 0 unspecified atom stereocenters. The molecule has 0 atom stereocenters. The summed E-state index contributed by atoms with van der Waals surface area (Å²) in [6, 6.07) is 0. The van der Waals surface area contributed by atoms with Gasteiger partial charge in [0.1, 0.15) is 0 Å². The van der Waals surface area contributed by atoms with Gasteiger partial charge in [0.25, 0.3) is 12.9 Å². The molecule has 0 heterocycles. The minimum atomic E-state index is -3.82. The van der Waals surface area contributed by atoms with Crippen LogP contribution in [0, 0.1) is 0 Å². The number of rotatable bonds is 15. The monoisotopic (exact) mass is 452 g/mol. The quantitative estimate of drug-likeness (QED) is 0.293. The Balaban J connectivity index is 4.92. The topological polar surface area (TPSA) is 92.3 Å². The Kier molecular flexibility index (Phi) is 12.4. The maximum atomic E-state index is 13.0. The number of alkyl halides is 4. The number of hydrogen-bond donors (Lipinski definition) is 2. The van der Waals surface area contributed by atoms with Crippen LogP contribution in [0.1, 0.15) is 39.5 Å². The van der Waals surface area contributed by atoms with Crippen molar-refractivity contribution in [1.82, 2.24) is 10.6 Å². The first-order chi connectivity index (χ1) is 12.9. The Morgan fingerprint density at radius 1 is 0.750 bits per heavy atom. The zero-order valence-electron chi connectivity index (χ0n) is 15.9. The Labute approximate surface area is 164 Å². The highest BCUT2D eigenvalue weighted by Crippen LogP contribution is 2.11. The van der Waals surface area contributed by atoms with E-state index in [-0.39, 0.29) is 24.6 Å². The summed E-state index contributed by atoms with van der Waals surface area (Å²) in [7, 11) is -7.65. The van der Waals surface area contributed by atoms with Gasteiger partial charge >= 0.3 is 0 Å². The molecule has 0 radical (unpaired) electrons. The SMILES string of the molecule is CCCCS(=O)(=O)C=C(NCCNC(=CS(=O)(=O)CCCC)C(F)F)C(F)F. The lowest BCUT2D eigenvalue weighted by atomic mass is 10.4. The number of unbranched alkanes of at least 4 members (excludes halogenated alkanes) is 2. The van der Waals surface area contributed by atoms with Crippen molar-refractivity contribution in [2.24, 2.45) is 0 Å². The number of allylic oxidation sites excluding steroid dienone is 2. The Morgan fingerprint density at radius 3 is 1.32 bits per heavy atom. The lowest BCUT2D eigenvalue weighted by Crippen LogP contribution is -2.31. The Hall–Kier alpha value is -1.30. The lowest BCUT2D eigenvalue weighted by Gasteiger charge is -2.13. The van der Waals surface area contributed by atoms with Crippen LogP contribution >= 0.6 is 0 Å². The molecule has 0 aliphatic rings.